The molecule has 0 saturated heterocycles. The number of halogens is 3. The molecular formula is C9H9F3N2O. The van der Waals surface area contributed by atoms with E-state index in [2.05, 4.69) is 4.98 Å². The van der Waals surface area contributed by atoms with E-state index in [1.54, 1.807) is 18.3 Å². The molecule has 0 aliphatic carbocycles. The Labute approximate surface area is 84.3 Å². The zero-order valence-electron chi connectivity index (χ0n) is 7.93. The van der Waals surface area contributed by atoms with Crippen LogP contribution >= 0.6 is 0 Å². The first-order chi connectivity index (χ1) is 6.91. The number of carbonyl (C=O) groups is 1. The number of alkyl halides is 3. The van der Waals surface area contributed by atoms with Gasteiger partial charge in [0.2, 0.25) is 0 Å². The summed E-state index contributed by atoms with van der Waals surface area (Å²) in [6, 6.07) is 1.66. The maximum Gasteiger partial charge on any atom is 0.471 e. The van der Waals surface area contributed by atoms with Crippen LogP contribution in [0.25, 0.3) is 0 Å². The van der Waals surface area contributed by atoms with Crippen molar-refractivity contribution in [3.8, 4) is 0 Å². The Morgan fingerprint density at radius 2 is 2.20 bits per heavy atom. The van der Waals surface area contributed by atoms with Crippen molar-refractivity contribution >= 4 is 5.91 Å². The van der Waals surface area contributed by atoms with E-state index in [9.17, 15) is 18.0 Å². The lowest BCUT2D eigenvalue weighted by Gasteiger charge is -2.08. The van der Waals surface area contributed by atoms with Gasteiger partial charge in [-0.15, -0.1) is 0 Å². The molecule has 1 aromatic heterocycles. The normalized spacial score (nSPS) is 11.2. The Morgan fingerprint density at radius 3 is 2.73 bits per heavy atom. The minimum atomic E-state index is -4.84. The van der Waals surface area contributed by atoms with Crippen LogP contribution in [0.2, 0.25) is 0 Å². The molecule has 0 aliphatic rings. The van der Waals surface area contributed by atoms with Gasteiger partial charge >= 0.3 is 12.1 Å². The molecule has 1 amide bonds. The van der Waals surface area contributed by atoms with Crippen LogP contribution in [0.4, 0.5) is 13.2 Å². The van der Waals surface area contributed by atoms with E-state index in [-0.39, 0.29) is 6.54 Å². The lowest BCUT2D eigenvalue weighted by molar-refractivity contribution is -0.173. The third-order valence-electron chi connectivity index (χ3n) is 1.84. The Hall–Kier alpha value is -1.59. The van der Waals surface area contributed by atoms with Gasteiger partial charge in [0.15, 0.2) is 0 Å². The third-order valence-corrected chi connectivity index (χ3v) is 1.84. The zero-order chi connectivity index (χ0) is 11.5. The second-order valence-electron chi connectivity index (χ2n) is 2.98. The van der Waals surface area contributed by atoms with Gasteiger partial charge in [0.05, 0.1) is 0 Å². The predicted octanol–water partition coefficient (Wildman–Crippen LogP) is 1.57. The minimum absolute atomic E-state index is 0.169. The zero-order valence-corrected chi connectivity index (χ0v) is 7.93. The molecule has 6 heteroatoms. The van der Waals surface area contributed by atoms with Crippen LogP contribution in [-0.4, -0.2) is 17.1 Å². The summed E-state index contributed by atoms with van der Waals surface area (Å²) in [6.45, 7) is 1.56. The topological polar surface area (TPSA) is 42.0 Å². The smallest absolute Gasteiger partial charge is 0.344 e. The monoisotopic (exact) mass is 218 g/mol. The summed E-state index contributed by atoms with van der Waals surface area (Å²) in [7, 11) is 0. The van der Waals surface area contributed by atoms with Gasteiger partial charge in [0.1, 0.15) is 0 Å². The molecule has 0 bridgehead atoms. The number of aromatic nitrogens is 1. The van der Waals surface area contributed by atoms with Crippen LogP contribution in [0.5, 0.6) is 0 Å². The summed E-state index contributed by atoms with van der Waals surface area (Å²) in [5.41, 5.74) is 1.35. The number of carbonyl (C=O) groups excluding carboxylic acids is 1. The molecule has 0 aliphatic heterocycles. The van der Waals surface area contributed by atoms with Crippen molar-refractivity contribution in [2.45, 2.75) is 19.6 Å². The summed E-state index contributed by atoms with van der Waals surface area (Å²) in [6.07, 6.45) is -1.88. The molecule has 82 valence electrons. The predicted molar refractivity (Wildman–Crippen MR) is 46.9 cm³/mol. The third kappa shape index (κ3) is 3.23. The summed E-state index contributed by atoms with van der Waals surface area (Å²) in [5.74, 6) is -1.94. The Kier molecular flexibility index (Phi) is 3.28. The number of nitrogens with zero attached hydrogens (tertiary/aromatic N) is 1. The minimum Gasteiger partial charge on any atom is -0.344 e. The number of aryl methyl sites for hydroxylation is 1. The molecule has 0 aromatic carbocycles. The van der Waals surface area contributed by atoms with Gasteiger partial charge in [-0.25, -0.2) is 0 Å². The molecule has 0 atom stereocenters. The number of pyridine rings is 1. The van der Waals surface area contributed by atoms with Crippen molar-refractivity contribution in [3.05, 3.63) is 29.6 Å². The van der Waals surface area contributed by atoms with Gasteiger partial charge in [-0.05, 0) is 24.1 Å². The molecule has 1 N–H and O–H groups in total. The molecular weight excluding hydrogens is 209 g/mol. The highest BCUT2D eigenvalue weighted by Crippen LogP contribution is 2.14. The molecule has 1 rings (SSSR count). The van der Waals surface area contributed by atoms with Gasteiger partial charge in [-0.1, -0.05) is 0 Å². The van der Waals surface area contributed by atoms with Gasteiger partial charge < -0.3 is 5.32 Å². The fourth-order valence-electron chi connectivity index (χ4n) is 0.957. The van der Waals surface area contributed by atoms with Gasteiger partial charge in [0, 0.05) is 18.9 Å². The molecule has 3 nitrogen and oxygen atoms in total. The van der Waals surface area contributed by atoms with Crippen molar-refractivity contribution in [1.29, 1.82) is 0 Å². The summed E-state index contributed by atoms with van der Waals surface area (Å²) < 4.78 is 35.5. The fraction of sp³-hybridized carbons (Fsp3) is 0.333. The maximum atomic E-state index is 11.8. The van der Waals surface area contributed by atoms with Crippen LogP contribution in [0.1, 0.15) is 11.1 Å². The first kappa shape index (κ1) is 11.5. The number of amides is 1. The first-order valence-electron chi connectivity index (χ1n) is 4.16. The van der Waals surface area contributed by atoms with E-state index in [1.165, 1.54) is 12.4 Å². The van der Waals surface area contributed by atoms with Crippen LogP contribution in [0, 0.1) is 6.92 Å². The molecule has 0 spiro atoms. The maximum absolute atomic E-state index is 11.8. The fourth-order valence-corrected chi connectivity index (χ4v) is 0.957. The lowest BCUT2D eigenvalue weighted by Crippen LogP contribution is -2.36. The van der Waals surface area contributed by atoms with E-state index >= 15 is 0 Å². The van der Waals surface area contributed by atoms with Crippen molar-refractivity contribution in [1.82, 2.24) is 10.3 Å². The highest BCUT2D eigenvalue weighted by molar-refractivity contribution is 5.81. The Bertz CT molecular complexity index is 363. The largest absolute Gasteiger partial charge is 0.471 e. The lowest BCUT2D eigenvalue weighted by atomic mass is 10.1. The highest BCUT2D eigenvalue weighted by atomic mass is 19.4. The first-order valence-corrected chi connectivity index (χ1v) is 4.16. The van der Waals surface area contributed by atoms with E-state index in [0.29, 0.717) is 5.56 Å². The number of rotatable bonds is 2. The second-order valence-corrected chi connectivity index (χ2v) is 2.98. The molecule has 1 aromatic rings. The molecule has 0 radical (unpaired) electrons. The van der Waals surface area contributed by atoms with E-state index in [4.69, 9.17) is 0 Å². The summed E-state index contributed by atoms with van der Waals surface area (Å²) in [4.78, 5) is 14.2. The standard InChI is InChI=1S/C9H9F3N2O/c1-6-2-3-13-4-7(6)5-14-8(15)9(10,11)12/h2-4H,5H2,1H3,(H,14,15). The Balaban J connectivity index is 2.59. The SMILES string of the molecule is Cc1ccncc1CNC(=O)C(F)(F)F. The van der Waals surface area contributed by atoms with Crippen molar-refractivity contribution in [2.24, 2.45) is 0 Å². The van der Waals surface area contributed by atoms with E-state index < -0.39 is 12.1 Å². The molecule has 0 fully saturated rings. The van der Waals surface area contributed by atoms with E-state index in [0.717, 1.165) is 5.56 Å². The molecule has 0 unspecified atom stereocenters. The Morgan fingerprint density at radius 1 is 1.53 bits per heavy atom. The van der Waals surface area contributed by atoms with Crippen LogP contribution in [-0.2, 0) is 11.3 Å². The average molecular weight is 218 g/mol. The van der Waals surface area contributed by atoms with Crippen LogP contribution < -0.4 is 5.32 Å². The summed E-state index contributed by atoms with van der Waals surface area (Å²) >= 11 is 0. The number of hydrogen-bond acceptors (Lipinski definition) is 2. The summed E-state index contributed by atoms with van der Waals surface area (Å²) in [5, 5.41) is 1.78. The molecule has 15 heavy (non-hydrogen) atoms. The van der Waals surface area contributed by atoms with Crippen molar-refractivity contribution < 1.29 is 18.0 Å². The molecule has 0 saturated carbocycles. The van der Waals surface area contributed by atoms with Crippen molar-refractivity contribution in [2.75, 3.05) is 0 Å². The van der Waals surface area contributed by atoms with E-state index in [1.807, 2.05) is 0 Å². The molecule has 1 heterocycles. The van der Waals surface area contributed by atoms with Gasteiger partial charge in [-0.2, -0.15) is 13.2 Å². The van der Waals surface area contributed by atoms with Gasteiger partial charge in [-0.3, -0.25) is 9.78 Å². The quantitative estimate of drug-likeness (QED) is 0.818. The average Bonchev–Trinajstić information content (AvgIpc) is 2.14. The van der Waals surface area contributed by atoms with Crippen LogP contribution in [0.15, 0.2) is 18.5 Å². The highest BCUT2D eigenvalue weighted by Gasteiger charge is 2.38. The number of hydrogen-bond donors (Lipinski definition) is 1. The number of nitrogens with one attached hydrogen (secondary N) is 1. The van der Waals surface area contributed by atoms with Crippen molar-refractivity contribution in [3.63, 3.8) is 0 Å². The second kappa shape index (κ2) is 4.29. The van der Waals surface area contributed by atoms with Gasteiger partial charge in [0.25, 0.3) is 0 Å². The van der Waals surface area contributed by atoms with Crippen LogP contribution in [0.3, 0.4) is 0 Å².